The smallest absolute Gasteiger partial charge is 0.254 e. The molecule has 1 aliphatic heterocycles. The Morgan fingerprint density at radius 1 is 1.15 bits per heavy atom. The number of carbonyl (C=O) groups is 1. The van der Waals surface area contributed by atoms with Crippen molar-refractivity contribution in [2.45, 2.75) is 19.9 Å². The lowest BCUT2D eigenvalue weighted by atomic mass is 10.1. The van der Waals surface area contributed by atoms with Gasteiger partial charge in [0.05, 0.1) is 18.8 Å². The van der Waals surface area contributed by atoms with Crippen molar-refractivity contribution in [2.24, 2.45) is 0 Å². The van der Waals surface area contributed by atoms with Crippen LogP contribution in [-0.2, 0) is 13.0 Å². The standard InChI is InChI=1S/C21H20N2O2S/c1-2-25-17-10-8-16(9-11-17)21(24)23-13-12-18-19(14-23)26-20(22-18)15-6-4-3-5-7-15/h3-11H,2,12-14H2,1H3. The van der Waals surface area contributed by atoms with Crippen molar-refractivity contribution in [3.05, 3.63) is 70.7 Å². The normalized spacial score (nSPS) is 13.3. The van der Waals surface area contributed by atoms with E-state index in [0.717, 1.165) is 28.4 Å². The van der Waals surface area contributed by atoms with Gasteiger partial charge in [-0.15, -0.1) is 11.3 Å². The number of benzene rings is 2. The van der Waals surface area contributed by atoms with Crippen molar-refractivity contribution < 1.29 is 9.53 Å². The van der Waals surface area contributed by atoms with Crippen molar-refractivity contribution in [1.82, 2.24) is 9.88 Å². The van der Waals surface area contributed by atoms with Crippen LogP contribution in [-0.4, -0.2) is 28.9 Å². The summed E-state index contributed by atoms with van der Waals surface area (Å²) in [5.41, 5.74) is 2.96. The second-order valence-electron chi connectivity index (χ2n) is 6.19. The lowest BCUT2D eigenvalue weighted by molar-refractivity contribution is 0.0736. The predicted octanol–water partition coefficient (Wildman–Crippen LogP) is 4.41. The molecule has 4 rings (SSSR count). The van der Waals surface area contributed by atoms with E-state index >= 15 is 0 Å². The van der Waals surface area contributed by atoms with E-state index < -0.39 is 0 Å². The fourth-order valence-electron chi connectivity index (χ4n) is 3.12. The molecule has 0 bridgehead atoms. The summed E-state index contributed by atoms with van der Waals surface area (Å²) >= 11 is 1.69. The van der Waals surface area contributed by atoms with Crippen molar-refractivity contribution in [1.29, 1.82) is 0 Å². The highest BCUT2D eigenvalue weighted by atomic mass is 32.1. The number of ether oxygens (including phenoxy) is 1. The molecule has 0 aliphatic carbocycles. The molecular formula is C21H20N2O2S. The van der Waals surface area contributed by atoms with Gasteiger partial charge in [-0.2, -0.15) is 0 Å². The van der Waals surface area contributed by atoms with Crippen LogP contribution in [0.25, 0.3) is 10.6 Å². The van der Waals surface area contributed by atoms with E-state index in [1.54, 1.807) is 11.3 Å². The fourth-order valence-corrected chi connectivity index (χ4v) is 4.25. The number of carbonyl (C=O) groups excluding carboxylic acids is 1. The zero-order valence-electron chi connectivity index (χ0n) is 14.6. The van der Waals surface area contributed by atoms with E-state index in [4.69, 9.17) is 9.72 Å². The van der Waals surface area contributed by atoms with E-state index in [2.05, 4.69) is 12.1 Å². The summed E-state index contributed by atoms with van der Waals surface area (Å²) in [7, 11) is 0. The molecule has 1 aliphatic rings. The molecular weight excluding hydrogens is 344 g/mol. The van der Waals surface area contributed by atoms with Gasteiger partial charge in [-0.05, 0) is 31.2 Å². The monoisotopic (exact) mass is 364 g/mol. The van der Waals surface area contributed by atoms with Crippen LogP contribution >= 0.6 is 11.3 Å². The molecule has 4 nitrogen and oxygen atoms in total. The zero-order valence-corrected chi connectivity index (χ0v) is 15.5. The van der Waals surface area contributed by atoms with Crippen LogP contribution in [0.2, 0.25) is 0 Å². The molecule has 5 heteroatoms. The number of aromatic nitrogens is 1. The molecule has 0 fully saturated rings. The van der Waals surface area contributed by atoms with Gasteiger partial charge in [0, 0.05) is 29.0 Å². The summed E-state index contributed by atoms with van der Waals surface area (Å²) in [4.78, 5) is 20.7. The summed E-state index contributed by atoms with van der Waals surface area (Å²) in [5, 5.41) is 1.03. The minimum absolute atomic E-state index is 0.0633. The maximum atomic E-state index is 12.8. The summed E-state index contributed by atoms with van der Waals surface area (Å²) in [5.74, 6) is 0.855. The molecule has 2 heterocycles. The van der Waals surface area contributed by atoms with Crippen LogP contribution in [0.15, 0.2) is 54.6 Å². The van der Waals surface area contributed by atoms with Gasteiger partial charge in [0.1, 0.15) is 10.8 Å². The van der Waals surface area contributed by atoms with Crippen LogP contribution < -0.4 is 4.74 Å². The number of hydrogen-bond acceptors (Lipinski definition) is 4. The fraction of sp³-hybridized carbons (Fsp3) is 0.238. The number of fused-ring (bicyclic) bond motifs is 1. The predicted molar refractivity (Wildman–Crippen MR) is 104 cm³/mol. The number of hydrogen-bond donors (Lipinski definition) is 0. The molecule has 26 heavy (non-hydrogen) atoms. The SMILES string of the molecule is CCOc1ccc(C(=O)N2CCc3nc(-c4ccccc4)sc3C2)cc1. The van der Waals surface area contributed by atoms with Gasteiger partial charge in [-0.3, -0.25) is 4.79 Å². The molecule has 0 spiro atoms. The van der Waals surface area contributed by atoms with Gasteiger partial charge in [-0.25, -0.2) is 4.98 Å². The summed E-state index contributed by atoms with van der Waals surface area (Å²) < 4.78 is 5.45. The molecule has 2 aromatic carbocycles. The Balaban J connectivity index is 1.51. The third-order valence-electron chi connectivity index (χ3n) is 4.45. The number of thiazole rings is 1. The molecule has 132 valence electrons. The van der Waals surface area contributed by atoms with Crippen LogP contribution in [0.5, 0.6) is 5.75 Å². The minimum Gasteiger partial charge on any atom is -0.494 e. The van der Waals surface area contributed by atoms with Crippen molar-refractivity contribution >= 4 is 17.2 Å². The average Bonchev–Trinajstić information content (AvgIpc) is 3.12. The van der Waals surface area contributed by atoms with Crippen molar-refractivity contribution in [3.8, 4) is 16.3 Å². The first kappa shape index (κ1) is 16.8. The van der Waals surface area contributed by atoms with Crippen LogP contribution in [0.3, 0.4) is 0 Å². The average molecular weight is 364 g/mol. The third kappa shape index (κ3) is 3.35. The lowest BCUT2D eigenvalue weighted by Gasteiger charge is -2.26. The largest absolute Gasteiger partial charge is 0.494 e. The Hall–Kier alpha value is -2.66. The van der Waals surface area contributed by atoms with Crippen LogP contribution in [0.4, 0.5) is 0 Å². The van der Waals surface area contributed by atoms with Gasteiger partial charge >= 0.3 is 0 Å². The molecule has 0 saturated carbocycles. The molecule has 0 atom stereocenters. The van der Waals surface area contributed by atoms with E-state index in [1.807, 2.05) is 54.3 Å². The first-order chi connectivity index (χ1) is 12.7. The lowest BCUT2D eigenvalue weighted by Crippen LogP contribution is -2.35. The van der Waals surface area contributed by atoms with Crippen molar-refractivity contribution in [3.63, 3.8) is 0 Å². The maximum Gasteiger partial charge on any atom is 0.254 e. The molecule has 1 aromatic heterocycles. The Labute approximate surface area is 157 Å². The third-order valence-corrected chi connectivity index (χ3v) is 5.58. The highest BCUT2D eigenvalue weighted by Crippen LogP contribution is 2.32. The Morgan fingerprint density at radius 2 is 1.92 bits per heavy atom. The Morgan fingerprint density at radius 3 is 2.65 bits per heavy atom. The van der Waals surface area contributed by atoms with E-state index in [1.165, 1.54) is 4.88 Å². The second kappa shape index (κ2) is 7.30. The van der Waals surface area contributed by atoms with Crippen molar-refractivity contribution in [2.75, 3.05) is 13.2 Å². The second-order valence-corrected chi connectivity index (χ2v) is 7.27. The zero-order chi connectivity index (χ0) is 17.9. The van der Waals surface area contributed by atoms with E-state index in [9.17, 15) is 4.79 Å². The van der Waals surface area contributed by atoms with Gasteiger partial charge in [-0.1, -0.05) is 30.3 Å². The summed E-state index contributed by atoms with van der Waals surface area (Å²) in [6.45, 7) is 3.91. The first-order valence-corrected chi connectivity index (χ1v) is 9.62. The summed E-state index contributed by atoms with van der Waals surface area (Å²) in [6, 6.07) is 17.6. The van der Waals surface area contributed by atoms with Gasteiger partial charge < -0.3 is 9.64 Å². The number of nitrogens with zero attached hydrogens (tertiary/aromatic N) is 2. The number of rotatable bonds is 4. The van der Waals surface area contributed by atoms with Gasteiger partial charge in [0.25, 0.3) is 5.91 Å². The topological polar surface area (TPSA) is 42.4 Å². The quantitative estimate of drug-likeness (QED) is 0.689. The molecule has 3 aromatic rings. The molecule has 0 saturated heterocycles. The highest BCUT2D eigenvalue weighted by molar-refractivity contribution is 7.15. The van der Waals surface area contributed by atoms with E-state index in [0.29, 0.717) is 25.3 Å². The Bertz CT molecular complexity index is 904. The summed E-state index contributed by atoms with van der Waals surface area (Å²) in [6.07, 6.45) is 0.807. The first-order valence-electron chi connectivity index (χ1n) is 8.80. The minimum atomic E-state index is 0.0633. The number of amides is 1. The van der Waals surface area contributed by atoms with Crippen LogP contribution in [0.1, 0.15) is 27.9 Å². The van der Waals surface area contributed by atoms with Crippen LogP contribution in [0, 0.1) is 0 Å². The molecule has 1 amide bonds. The molecule has 0 unspecified atom stereocenters. The van der Waals surface area contributed by atoms with E-state index in [-0.39, 0.29) is 5.91 Å². The highest BCUT2D eigenvalue weighted by Gasteiger charge is 2.25. The maximum absolute atomic E-state index is 12.8. The molecule has 0 radical (unpaired) electrons. The van der Waals surface area contributed by atoms with Gasteiger partial charge in [0.2, 0.25) is 0 Å². The van der Waals surface area contributed by atoms with Gasteiger partial charge in [0.15, 0.2) is 0 Å². The Kier molecular flexibility index (Phi) is 4.71. The molecule has 0 N–H and O–H groups in total.